The lowest BCUT2D eigenvalue weighted by atomic mass is 10.1. The number of amides is 2. The van der Waals surface area contributed by atoms with Gasteiger partial charge in [-0.1, -0.05) is 35.9 Å². The molecule has 0 radical (unpaired) electrons. The molecule has 2 aliphatic rings. The van der Waals surface area contributed by atoms with Crippen LogP contribution in [0.25, 0.3) is 6.08 Å². The highest BCUT2D eigenvalue weighted by Crippen LogP contribution is 2.33. The van der Waals surface area contributed by atoms with Crippen molar-refractivity contribution in [3.05, 3.63) is 69.6 Å². The van der Waals surface area contributed by atoms with E-state index in [0.717, 1.165) is 54.9 Å². The number of benzene rings is 2. The van der Waals surface area contributed by atoms with E-state index in [2.05, 4.69) is 4.90 Å². The number of carbonyl (C=O) groups excluding carboxylic acids is 2. The molecule has 2 aromatic carbocycles. The lowest BCUT2D eigenvalue weighted by Gasteiger charge is -2.28. The first-order valence-electron chi connectivity index (χ1n) is 9.03. The summed E-state index contributed by atoms with van der Waals surface area (Å²) in [5.74, 6) is -0.262. The molecule has 0 aromatic heterocycles. The summed E-state index contributed by atoms with van der Waals surface area (Å²) in [6, 6.07) is 15.2. The van der Waals surface area contributed by atoms with Crippen LogP contribution in [0.15, 0.2) is 53.4 Å². The second kappa shape index (κ2) is 8.39. The fourth-order valence-electron chi connectivity index (χ4n) is 3.16. The van der Waals surface area contributed by atoms with Crippen LogP contribution in [0.3, 0.4) is 0 Å². The van der Waals surface area contributed by atoms with Gasteiger partial charge in [-0.05, 0) is 53.2 Å². The monoisotopic (exact) mass is 414 g/mol. The topological polar surface area (TPSA) is 49.9 Å². The average molecular weight is 415 g/mol. The molecule has 0 spiro atoms. The van der Waals surface area contributed by atoms with E-state index in [4.69, 9.17) is 16.3 Å². The number of imide groups is 1. The first-order chi connectivity index (χ1) is 13.6. The average Bonchev–Trinajstić information content (AvgIpc) is 2.98. The zero-order chi connectivity index (χ0) is 19.5. The van der Waals surface area contributed by atoms with Crippen molar-refractivity contribution < 1.29 is 14.3 Å². The van der Waals surface area contributed by atoms with Gasteiger partial charge in [0.05, 0.1) is 24.7 Å². The summed E-state index contributed by atoms with van der Waals surface area (Å²) in [5, 5.41) is 0.370. The standard InChI is InChI=1S/C21H19ClN2O3S/c22-17-5-1-16(2-6-17)14-24-20(25)19(28-21(24)26)13-15-3-7-18(8-4-15)23-9-11-27-12-10-23/h1-8,13H,9-12,14H2. The van der Waals surface area contributed by atoms with Crippen LogP contribution in [0.1, 0.15) is 11.1 Å². The van der Waals surface area contributed by atoms with Crippen molar-refractivity contribution in [2.45, 2.75) is 6.54 Å². The van der Waals surface area contributed by atoms with Crippen molar-refractivity contribution in [3.63, 3.8) is 0 Å². The molecule has 2 amide bonds. The third-order valence-corrected chi connectivity index (χ3v) is 5.85. The Morgan fingerprint density at radius 1 is 1.00 bits per heavy atom. The lowest BCUT2D eigenvalue weighted by molar-refractivity contribution is -0.123. The molecule has 0 aliphatic carbocycles. The second-order valence-electron chi connectivity index (χ2n) is 6.59. The fourth-order valence-corrected chi connectivity index (χ4v) is 4.13. The van der Waals surface area contributed by atoms with Crippen LogP contribution in [0, 0.1) is 0 Å². The number of hydrogen-bond donors (Lipinski definition) is 0. The van der Waals surface area contributed by atoms with E-state index >= 15 is 0 Å². The predicted molar refractivity (Wildman–Crippen MR) is 112 cm³/mol. The summed E-state index contributed by atoms with van der Waals surface area (Å²) in [6.45, 7) is 3.48. The molecule has 2 saturated heterocycles. The van der Waals surface area contributed by atoms with E-state index in [-0.39, 0.29) is 17.7 Å². The zero-order valence-corrected chi connectivity index (χ0v) is 16.7. The summed E-state index contributed by atoms with van der Waals surface area (Å²) < 4.78 is 5.38. The number of halogens is 1. The van der Waals surface area contributed by atoms with Crippen molar-refractivity contribution in [3.8, 4) is 0 Å². The molecule has 0 bridgehead atoms. The van der Waals surface area contributed by atoms with Crippen molar-refractivity contribution in [2.75, 3.05) is 31.2 Å². The maximum atomic E-state index is 12.7. The summed E-state index contributed by atoms with van der Waals surface area (Å²) in [6.07, 6.45) is 1.77. The van der Waals surface area contributed by atoms with E-state index < -0.39 is 0 Å². The highest BCUT2D eigenvalue weighted by molar-refractivity contribution is 8.18. The van der Waals surface area contributed by atoms with Crippen LogP contribution < -0.4 is 4.90 Å². The molecule has 2 aliphatic heterocycles. The van der Waals surface area contributed by atoms with Gasteiger partial charge in [-0.15, -0.1) is 0 Å². The first kappa shape index (κ1) is 19.1. The largest absolute Gasteiger partial charge is 0.378 e. The molecule has 2 fully saturated rings. The third-order valence-electron chi connectivity index (χ3n) is 4.69. The number of morpholine rings is 1. The van der Waals surface area contributed by atoms with Gasteiger partial charge in [-0.3, -0.25) is 14.5 Å². The zero-order valence-electron chi connectivity index (χ0n) is 15.1. The van der Waals surface area contributed by atoms with Crippen molar-refractivity contribution in [1.82, 2.24) is 4.90 Å². The van der Waals surface area contributed by atoms with Crippen LogP contribution in [-0.4, -0.2) is 42.3 Å². The van der Waals surface area contributed by atoms with Crippen molar-refractivity contribution in [2.24, 2.45) is 0 Å². The molecule has 0 N–H and O–H groups in total. The Morgan fingerprint density at radius 3 is 2.36 bits per heavy atom. The fraction of sp³-hybridized carbons (Fsp3) is 0.238. The second-order valence-corrected chi connectivity index (χ2v) is 8.01. The third kappa shape index (κ3) is 4.24. The van der Waals surface area contributed by atoms with Gasteiger partial charge in [0.2, 0.25) is 0 Å². The maximum Gasteiger partial charge on any atom is 0.293 e. The van der Waals surface area contributed by atoms with Gasteiger partial charge in [0, 0.05) is 23.8 Å². The van der Waals surface area contributed by atoms with E-state index in [1.54, 1.807) is 18.2 Å². The molecular formula is C21H19ClN2O3S. The van der Waals surface area contributed by atoms with E-state index in [9.17, 15) is 9.59 Å². The molecular weight excluding hydrogens is 396 g/mol. The maximum absolute atomic E-state index is 12.7. The summed E-state index contributed by atoms with van der Waals surface area (Å²) >= 11 is 6.87. The SMILES string of the molecule is O=C1SC(=Cc2ccc(N3CCOCC3)cc2)C(=O)N1Cc1ccc(Cl)cc1. The number of nitrogens with zero attached hydrogens (tertiary/aromatic N) is 2. The number of rotatable bonds is 4. The Labute approximate surface area is 172 Å². The van der Waals surface area contributed by atoms with Gasteiger partial charge >= 0.3 is 0 Å². The molecule has 2 heterocycles. The number of ether oxygens (including phenoxy) is 1. The van der Waals surface area contributed by atoms with Crippen LogP contribution in [0.4, 0.5) is 10.5 Å². The van der Waals surface area contributed by atoms with Gasteiger partial charge in [-0.25, -0.2) is 0 Å². The number of carbonyl (C=O) groups is 2. The normalized spacial score (nSPS) is 19.0. The molecule has 0 atom stereocenters. The molecule has 5 nitrogen and oxygen atoms in total. The molecule has 0 saturated carbocycles. The molecule has 4 rings (SSSR count). The molecule has 28 heavy (non-hydrogen) atoms. The molecule has 144 valence electrons. The smallest absolute Gasteiger partial charge is 0.293 e. The number of thioether (sulfide) groups is 1. The summed E-state index contributed by atoms with van der Waals surface area (Å²) in [4.78, 5) is 29.0. The quantitative estimate of drug-likeness (QED) is 0.693. The number of anilines is 1. The highest BCUT2D eigenvalue weighted by atomic mass is 35.5. The Kier molecular flexibility index (Phi) is 5.71. The van der Waals surface area contributed by atoms with E-state index in [0.29, 0.717) is 9.93 Å². The van der Waals surface area contributed by atoms with Gasteiger partial charge in [0.25, 0.3) is 11.1 Å². The lowest BCUT2D eigenvalue weighted by Crippen LogP contribution is -2.36. The molecule has 2 aromatic rings. The first-order valence-corrected chi connectivity index (χ1v) is 10.2. The van der Waals surface area contributed by atoms with Crippen LogP contribution in [0.5, 0.6) is 0 Å². The number of hydrogen-bond acceptors (Lipinski definition) is 5. The van der Waals surface area contributed by atoms with Crippen LogP contribution in [-0.2, 0) is 16.1 Å². The predicted octanol–water partition coefficient (Wildman–Crippen LogP) is 4.41. The Hall–Kier alpha value is -2.28. The van der Waals surface area contributed by atoms with Gasteiger partial charge in [0.15, 0.2) is 0 Å². The molecule has 7 heteroatoms. The van der Waals surface area contributed by atoms with Gasteiger partial charge in [0.1, 0.15) is 0 Å². The van der Waals surface area contributed by atoms with Crippen molar-refractivity contribution >= 4 is 46.3 Å². The van der Waals surface area contributed by atoms with Crippen molar-refractivity contribution in [1.29, 1.82) is 0 Å². The minimum atomic E-state index is -0.262. The summed E-state index contributed by atoms with van der Waals surface area (Å²) in [7, 11) is 0. The molecule has 0 unspecified atom stereocenters. The summed E-state index contributed by atoms with van der Waals surface area (Å²) in [5.41, 5.74) is 2.90. The minimum Gasteiger partial charge on any atom is -0.378 e. The Bertz CT molecular complexity index is 906. The van der Waals surface area contributed by atoms with Crippen LogP contribution in [0.2, 0.25) is 5.02 Å². The minimum absolute atomic E-state index is 0.245. The van der Waals surface area contributed by atoms with Gasteiger partial charge in [-0.2, -0.15) is 0 Å². The van der Waals surface area contributed by atoms with Gasteiger partial charge < -0.3 is 9.64 Å². The van der Waals surface area contributed by atoms with E-state index in [1.807, 2.05) is 36.4 Å². The van der Waals surface area contributed by atoms with Crippen LogP contribution >= 0.6 is 23.4 Å². The Balaban J connectivity index is 1.46. The Morgan fingerprint density at radius 2 is 1.68 bits per heavy atom. The van der Waals surface area contributed by atoms with E-state index in [1.165, 1.54) is 4.90 Å². The highest BCUT2D eigenvalue weighted by Gasteiger charge is 2.34.